The van der Waals surface area contributed by atoms with E-state index in [4.69, 9.17) is 0 Å². The summed E-state index contributed by atoms with van der Waals surface area (Å²) in [6.07, 6.45) is 0.689. The summed E-state index contributed by atoms with van der Waals surface area (Å²) in [5, 5.41) is 0. The summed E-state index contributed by atoms with van der Waals surface area (Å²) in [5.41, 5.74) is 3.59. The molecule has 6 nitrogen and oxygen atoms in total. The number of nitrogens with zero attached hydrogens (tertiary/aromatic N) is 3. The smallest absolute Gasteiger partial charge is 0.279 e. The molecule has 2 heterocycles. The van der Waals surface area contributed by atoms with Crippen molar-refractivity contribution in [3.05, 3.63) is 92.7 Å². The molecule has 0 aliphatic carbocycles. The number of aryl methyl sites for hydroxylation is 1. The number of hydrogen-bond donors (Lipinski definition) is 0. The second kappa shape index (κ2) is 9.22. The minimum Gasteiger partial charge on any atom is -0.317 e. The van der Waals surface area contributed by atoms with Gasteiger partial charge in [0, 0.05) is 29.7 Å². The van der Waals surface area contributed by atoms with Crippen molar-refractivity contribution in [2.24, 2.45) is 4.99 Å². The van der Waals surface area contributed by atoms with E-state index < -0.39 is 15.9 Å². The van der Waals surface area contributed by atoms with Crippen molar-refractivity contribution in [3.63, 3.8) is 0 Å². The molecule has 0 N–H and O–H groups in total. The monoisotopic (exact) mass is 555 g/mol. The third-order valence-electron chi connectivity index (χ3n) is 5.99. The Labute approximate surface area is 210 Å². The van der Waals surface area contributed by atoms with Crippen LogP contribution in [0.25, 0.3) is 10.2 Å². The van der Waals surface area contributed by atoms with Gasteiger partial charge in [-0.1, -0.05) is 51.5 Å². The van der Waals surface area contributed by atoms with Gasteiger partial charge < -0.3 is 4.57 Å². The van der Waals surface area contributed by atoms with E-state index in [1.54, 1.807) is 0 Å². The summed E-state index contributed by atoms with van der Waals surface area (Å²) in [6, 6.07) is 20.0. The molecule has 1 amide bonds. The largest absolute Gasteiger partial charge is 0.317 e. The molecule has 34 heavy (non-hydrogen) atoms. The number of halogens is 1. The van der Waals surface area contributed by atoms with Gasteiger partial charge in [-0.2, -0.15) is 9.30 Å². The van der Waals surface area contributed by atoms with Gasteiger partial charge in [0.2, 0.25) is 10.0 Å². The topological polar surface area (TPSA) is 71.7 Å². The van der Waals surface area contributed by atoms with E-state index in [1.165, 1.54) is 45.5 Å². The van der Waals surface area contributed by atoms with Crippen molar-refractivity contribution in [3.8, 4) is 0 Å². The summed E-state index contributed by atoms with van der Waals surface area (Å²) in [6.45, 7) is 3.49. The van der Waals surface area contributed by atoms with Gasteiger partial charge >= 0.3 is 0 Å². The summed E-state index contributed by atoms with van der Waals surface area (Å²) in [4.78, 5) is 18.0. The van der Waals surface area contributed by atoms with E-state index in [-0.39, 0.29) is 4.90 Å². The highest BCUT2D eigenvalue weighted by Gasteiger charge is 2.28. The predicted molar refractivity (Wildman–Crippen MR) is 137 cm³/mol. The predicted octanol–water partition coefficient (Wildman–Crippen LogP) is 4.97. The second-order valence-corrected chi connectivity index (χ2v) is 11.9. The minimum absolute atomic E-state index is 0.179. The number of fused-ring (bicyclic) bond motifs is 2. The first-order valence-electron chi connectivity index (χ1n) is 10.9. The van der Waals surface area contributed by atoms with Crippen LogP contribution in [-0.4, -0.2) is 29.7 Å². The number of hydrogen-bond acceptors (Lipinski definition) is 4. The van der Waals surface area contributed by atoms with E-state index in [1.807, 2.05) is 54.0 Å². The van der Waals surface area contributed by atoms with Gasteiger partial charge in [0.15, 0.2) is 4.80 Å². The quantitative estimate of drug-likeness (QED) is 0.356. The van der Waals surface area contributed by atoms with Gasteiger partial charge in [-0.25, -0.2) is 8.42 Å². The van der Waals surface area contributed by atoms with Crippen LogP contribution in [-0.2, 0) is 29.5 Å². The van der Waals surface area contributed by atoms with Crippen LogP contribution in [0.3, 0.4) is 0 Å². The third-order valence-corrected chi connectivity index (χ3v) is 9.39. The fourth-order valence-corrected chi connectivity index (χ4v) is 7.25. The van der Waals surface area contributed by atoms with Gasteiger partial charge in [-0.05, 0) is 66.9 Å². The van der Waals surface area contributed by atoms with Crippen LogP contribution in [0.15, 0.2) is 81.1 Å². The molecule has 1 aliphatic heterocycles. The van der Waals surface area contributed by atoms with Crippen LogP contribution in [0.4, 0.5) is 0 Å². The maximum absolute atomic E-state index is 13.2. The fraction of sp³-hybridized carbons (Fsp3) is 0.200. The van der Waals surface area contributed by atoms with Gasteiger partial charge in [-0.3, -0.25) is 4.79 Å². The number of sulfonamides is 1. The molecule has 1 aromatic heterocycles. The summed E-state index contributed by atoms with van der Waals surface area (Å²) >= 11 is 4.93. The molecule has 3 aromatic carbocycles. The number of thiazole rings is 1. The lowest BCUT2D eigenvalue weighted by Gasteiger charge is -2.28. The summed E-state index contributed by atoms with van der Waals surface area (Å²) in [5.74, 6) is -0.399. The molecular formula is C25H22BrN3O3S2. The Morgan fingerprint density at radius 2 is 1.79 bits per heavy atom. The van der Waals surface area contributed by atoms with Crippen molar-refractivity contribution < 1.29 is 13.2 Å². The SMILES string of the molecule is CCn1c(=NC(=O)c2ccc(S(=O)(=O)N3CCc4ccccc4C3)cc2)sc2cc(Br)ccc21. The van der Waals surface area contributed by atoms with Crippen molar-refractivity contribution >= 4 is 53.4 Å². The Bertz CT molecular complexity index is 1570. The minimum atomic E-state index is -3.65. The van der Waals surface area contributed by atoms with Gasteiger partial charge in [-0.15, -0.1) is 0 Å². The van der Waals surface area contributed by atoms with Crippen LogP contribution in [0.1, 0.15) is 28.4 Å². The maximum Gasteiger partial charge on any atom is 0.279 e. The first kappa shape index (κ1) is 23.2. The van der Waals surface area contributed by atoms with E-state index >= 15 is 0 Å². The molecular weight excluding hydrogens is 534 g/mol. The van der Waals surface area contributed by atoms with Crippen LogP contribution in [0.2, 0.25) is 0 Å². The average Bonchev–Trinajstić information content (AvgIpc) is 3.19. The lowest BCUT2D eigenvalue weighted by molar-refractivity contribution is 0.0997. The van der Waals surface area contributed by atoms with E-state index in [0.717, 1.165) is 20.3 Å². The normalized spacial score (nSPS) is 14.9. The van der Waals surface area contributed by atoms with Crippen LogP contribution in [0, 0.1) is 0 Å². The van der Waals surface area contributed by atoms with E-state index in [0.29, 0.717) is 36.4 Å². The van der Waals surface area contributed by atoms with Crippen molar-refractivity contribution in [2.75, 3.05) is 6.54 Å². The zero-order valence-electron chi connectivity index (χ0n) is 18.4. The zero-order valence-corrected chi connectivity index (χ0v) is 21.7. The maximum atomic E-state index is 13.2. The highest BCUT2D eigenvalue weighted by atomic mass is 79.9. The summed E-state index contributed by atoms with van der Waals surface area (Å²) in [7, 11) is -3.65. The number of rotatable bonds is 4. The number of carbonyl (C=O) groups excluding carboxylic acids is 1. The van der Waals surface area contributed by atoms with E-state index in [2.05, 4.69) is 20.9 Å². The number of benzene rings is 3. The molecule has 0 radical (unpaired) electrons. The van der Waals surface area contributed by atoms with Crippen LogP contribution in [0.5, 0.6) is 0 Å². The molecule has 0 saturated heterocycles. The molecule has 9 heteroatoms. The van der Waals surface area contributed by atoms with E-state index in [9.17, 15) is 13.2 Å². The zero-order chi connectivity index (χ0) is 23.9. The Morgan fingerprint density at radius 1 is 1.06 bits per heavy atom. The van der Waals surface area contributed by atoms with Crippen molar-refractivity contribution in [1.29, 1.82) is 0 Å². The summed E-state index contributed by atoms with van der Waals surface area (Å²) < 4.78 is 31.9. The molecule has 0 fully saturated rings. The Morgan fingerprint density at radius 3 is 2.53 bits per heavy atom. The fourth-order valence-electron chi connectivity index (χ4n) is 4.18. The van der Waals surface area contributed by atoms with Crippen LogP contribution >= 0.6 is 27.3 Å². The number of amides is 1. The highest BCUT2D eigenvalue weighted by Crippen LogP contribution is 2.25. The average molecular weight is 557 g/mol. The number of aromatic nitrogens is 1. The third kappa shape index (κ3) is 4.29. The molecule has 0 saturated carbocycles. The molecule has 1 aliphatic rings. The standard InChI is InChI=1S/C25H22BrN3O3S2/c1-2-29-22-12-9-20(26)15-23(22)33-25(29)27-24(30)18-7-10-21(11-8-18)34(31,32)28-14-13-17-5-3-4-6-19(17)16-28/h3-12,15H,2,13-14,16H2,1H3. The van der Waals surface area contributed by atoms with Gasteiger partial charge in [0.05, 0.1) is 15.1 Å². The van der Waals surface area contributed by atoms with Crippen molar-refractivity contribution in [1.82, 2.24) is 8.87 Å². The molecule has 174 valence electrons. The highest BCUT2D eigenvalue weighted by molar-refractivity contribution is 9.10. The first-order valence-corrected chi connectivity index (χ1v) is 14.0. The Kier molecular flexibility index (Phi) is 6.28. The first-order chi connectivity index (χ1) is 16.4. The lowest BCUT2D eigenvalue weighted by Crippen LogP contribution is -2.35. The Hall–Kier alpha value is -2.59. The molecule has 0 bridgehead atoms. The van der Waals surface area contributed by atoms with Gasteiger partial charge in [0.25, 0.3) is 5.91 Å². The molecule has 5 rings (SSSR count). The van der Waals surface area contributed by atoms with Crippen molar-refractivity contribution in [2.45, 2.75) is 31.3 Å². The van der Waals surface area contributed by atoms with Gasteiger partial charge in [0.1, 0.15) is 0 Å². The number of carbonyl (C=O) groups is 1. The molecule has 0 unspecified atom stereocenters. The molecule has 4 aromatic rings. The molecule has 0 spiro atoms. The Balaban J connectivity index is 1.41. The second-order valence-electron chi connectivity index (χ2n) is 8.04. The molecule has 0 atom stereocenters. The van der Waals surface area contributed by atoms with Crippen LogP contribution < -0.4 is 4.80 Å². The lowest BCUT2D eigenvalue weighted by atomic mass is 10.0.